The molecule has 1 aliphatic heterocycles. The molecule has 18 heavy (non-hydrogen) atoms. The van der Waals surface area contributed by atoms with E-state index in [0.717, 1.165) is 32.3 Å². The molecule has 106 valence electrons. The predicted molar refractivity (Wildman–Crippen MR) is 72.7 cm³/mol. The van der Waals surface area contributed by atoms with Crippen LogP contribution in [0.4, 0.5) is 0 Å². The molecule has 0 radical (unpaired) electrons. The van der Waals surface area contributed by atoms with E-state index in [1.807, 2.05) is 0 Å². The maximum Gasteiger partial charge on any atom is 0.311 e. The van der Waals surface area contributed by atoms with Crippen LogP contribution < -0.4 is 0 Å². The summed E-state index contributed by atoms with van der Waals surface area (Å²) >= 11 is 0. The largest absolute Gasteiger partial charge is 0.481 e. The third-order valence-corrected chi connectivity index (χ3v) is 4.03. The molecular formula is C15H28O3. The molecule has 3 heteroatoms. The Morgan fingerprint density at radius 2 is 1.83 bits per heavy atom. The minimum absolute atomic E-state index is 0.415. The smallest absolute Gasteiger partial charge is 0.311 e. The van der Waals surface area contributed by atoms with Crippen LogP contribution in [-0.4, -0.2) is 24.3 Å². The van der Waals surface area contributed by atoms with Crippen LogP contribution in [0.15, 0.2) is 0 Å². The van der Waals surface area contributed by atoms with E-state index in [9.17, 15) is 9.90 Å². The zero-order chi connectivity index (χ0) is 13.3. The second-order valence-corrected chi connectivity index (χ2v) is 5.61. The lowest BCUT2D eigenvalue weighted by Gasteiger charge is -2.33. The van der Waals surface area contributed by atoms with Crippen LogP contribution in [0.5, 0.6) is 0 Å². The van der Waals surface area contributed by atoms with E-state index >= 15 is 0 Å². The Morgan fingerprint density at radius 3 is 2.39 bits per heavy atom. The number of hydrogen-bond acceptors (Lipinski definition) is 2. The zero-order valence-corrected chi connectivity index (χ0v) is 11.7. The Balaban J connectivity index is 2.16. The first-order chi connectivity index (χ1) is 8.71. The number of hydrogen-bond donors (Lipinski definition) is 1. The fourth-order valence-corrected chi connectivity index (χ4v) is 2.75. The van der Waals surface area contributed by atoms with Crippen LogP contribution in [0.2, 0.25) is 0 Å². The highest BCUT2D eigenvalue weighted by atomic mass is 16.5. The van der Waals surface area contributed by atoms with Gasteiger partial charge in [-0.1, -0.05) is 51.9 Å². The molecule has 1 atom stereocenters. The van der Waals surface area contributed by atoms with Crippen LogP contribution in [-0.2, 0) is 9.53 Å². The van der Waals surface area contributed by atoms with E-state index < -0.39 is 11.4 Å². The highest BCUT2D eigenvalue weighted by Gasteiger charge is 2.39. The van der Waals surface area contributed by atoms with Gasteiger partial charge in [0, 0.05) is 6.61 Å². The molecule has 0 aliphatic carbocycles. The molecular weight excluding hydrogens is 228 g/mol. The average Bonchev–Trinajstić information content (AvgIpc) is 2.38. The molecule has 1 N–H and O–H groups in total. The van der Waals surface area contributed by atoms with Gasteiger partial charge >= 0.3 is 5.97 Å². The number of aliphatic carboxylic acids is 1. The van der Waals surface area contributed by atoms with Gasteiger partial charge < -0.3 is 9.84 Å². The van der Waals surface area contributed by atoms with Crippen LogP contribution in [0, 0.1) is 5.41 Å². The first kappa shape index (κ1) is 15.5. The van der Waals surface area contributed by atoms with Crippen molar-refractivity contribution in [3.8, 4) is 0 Å². The van der Waals surface area contributed by atoms with Crippen molar-refractivity contribution in [2.45, 2.75) is 71.1 Å². The second-order valence-electron chi connectivity index (χ2n) is 5.61. The third-order valence-electron chi connectivity index (χ3n) is 4.03. The van der Waals surface area contributed by atoms with Crippen molar-refractivity contribution in [3.05, 3.63) is 0 Å². The summed E-state index contributed by atoms with van der Waals surface area (Å²) in [5.41, 5.74) is -0.582. The number of rotatable bonds is 9. The maximum atomic E-state index is 11.4. The van der Waals surface area contributed by atoms with Gasteiger partial charge in [-0.05, 0) is 19.3 Å². The minimum Gasteiger partial charge on any atom is -0.481 e. The van der Waals surface area contributed by atoms with Crippen molar-refractivity contribution in [1.29, 1.82) is 0 Å². The summed E-state index contributed by atoms with van der Waals surface area (Å²) in [5, 5.41) is 9.38. The summed E-state index contributed by atoms with van der Waals surface area (Å²) in [6.07, 6.45) is 11.1. The number of carbonyl (C=O) groups is 1. The number of ether oxygens (including phenoxy) is 1. The SMILES string of the molecule is CCCCCCCCCC1(C(=O)O)CCCOC1. The Morgan fingerprint density at radius 1 is 1.17 bits per heavy atom. The van der Waals surface area contributed by atoms with Gasteiger partial charge in [-0.25, -0.2) is 0 Å². The van der Waals surface area contributed by atoms with Crippen LogP contribution >= 0.6 is 0 Å². The highest BCUT2D eigenvalue weighted by molar-refractivity contribution is 5.74. The molecule has 0 aromatic rings. The molecule has 1 aliphatic rings. The molecule has 0 spiro atoms. The molecule has 1 heterocycles. The van der Waals surface area contributed by atoms with Crippen LogP contribution in [0.25, 0.3) is 0 Å². The second kappa shape index (κ2) is 8.52. The number of unbranched alkanes of at least 4 members (excludes halogenated alkanes) is 6. The van der Waals surface area contributed by atoms with E-state index in [0.29, 0.717) is 6.61 Å². The van der Waals surface area contributed by atoms with Gasteiger partial charge in [0.15, 0.2) is 0 Å². The van der Waals surface area contributed by atoms with Gasteiger partial charge in [-0.15, -0.1) is 0 Å². The molecule has 0 aromatic carbocycles. The fourth-order valence-electron chi connectivity index (χ4n) is 2.75. The number of carboxylic acids is 1. The zero-order valence-electron chi connectivity index (χ0n) is 11.7. The summed E-state index contributed by atoms with van der Waals surface area (Å²) in [6, 6.07) is 0. The lowest BCUT2D eigenvalue weighted by molar-refractivity contribution is -0.158. The van der Waals surface area contributed by atoms with Crippen LogP contribution in [0.1, 0.15) is 71.1 Å². The fraction of sp³-hybridized carbons (Fsp3) is 0.933. The summed E-state index contributed by atoms with van der Waals surface area (Å²) in [5.74, 6) is -0.659. The lowest BCUT2D eigenvalue weighted by Crippen LogP contribution is -2.39. The van der Waals surface area contributed by atoms with E-state index in [4.69, 9.17) is 4.74 Å². The van der Waals surface area contributed by atoms with Crippen molar-refractivity contribution in [3.63, 3.8) is 0 Å². The Labute approximate surface area is 111 Å². The monoisotopic (exact) mass is 256 g/mol. The van der Waals surface area contributed by atoms with Crippen molar-refractivity contribution in [2.75, 3.05) is 13.2 Å². The van der Waals surface area contributed by atoms with Gasteiger partial charge in [0.25, 0.3) is 0 Å². The topological polar surface area (TPSA) is 46.5 Å². The molecule has 1 unspecified atom stereocenters. The van der Waals surface area contributed by atoms with E-state index in [2.05, 4.69) is 6.92 Å². The molecule has 0 saturated carbocycles. The van der Waals surface area contributed by atoms with Gasteiger partial charge in [0.2, 0.25) is 0 Å². The van der Waals surface area contributed by atoms with Crippen molar-refractivity contribution in [1.82, 2.24) is 0 Å². The Hall–Kier alpha value is -0.570. The van der Waals surface area contributed by atoms with Crippen molar-refractivity contribution >= 4 is 5.97 Å². The van der Waals surface area contributed by atoms with E-state index in [1.54, 1.807) is 0 Å². The Bertz CT molecular complexity index is 232. The number of carboxylic acid groups (broad SMARTS) is 1. The van der Waals surface area contributed by atoms with Crippen molar-refractivity contribution < 1.29 is 14.6 Å². The van der Waals surface area contributed by atoms with Gasteiger partial charge in [-0.2, -0.15) is 0 Å². The lowest BCUT2D eigenvalue weighted by atomic mass is 9.78. The molecule has 1 rings (SSSR count). The molecule has 0 aromatic heterocycles. The summed E-state index contributed by atoms with van der Waals surface area (Å²) < 4.78 is 5.38. The summed E-state index contributed by atoms with van der Waals surface area (Å²) in [6.45, 7) is 3.36. The predicted octanol–water partition coefficient (Wildman–Crippen LogP) is 4.01. The maximum absolute atomic E-state index is 11.4. The molecule has 3 nitrogen and oxygen atoms in total. The average molecular weight is 256 g/mol. The normalized spacial score (nSPS) is 24.1. The van der Waals surface area contributed by atoms with Crippen molar-refractivity contribution in [2.24, 2.45) is 5.41 Å². The summed E-state index contributed by atoms with van der Waals surface area (Å²) in [7, 11) is 0. The Kier molecular flexibility index (Phi) is 7.33. The highest BCUT2D eigenvalue weighted by Crippen LogP contribution is 2.34. The quantitative estimate of drug-likeness (QED) is 0.634. The standard InChI is InChI=1S/C15H28O3/c1-2-3-4-5-6-7-8-10-15(14(16)17)11-9-12-18-13-15/h2-13H2,1H3,(H,16,17). The molecule has 1 saturated heterocycles. The van der Waals surface area contributed by atoms with Crippen LogP contribution in [0.3, 0.4) is 0 Å². The molecule has 0 bridgehead atoms. The van der Waals surface area contributed by atoms with Gasteiger partial charge in [-0.3, -0.25) is 4.79 Å². The third kappa shape index (κ3) is 4.97. The minimum atomic E-state index is -0.659. The van der Waals surface area contributed by atoms with Gasteiger partial charge in [0.05, 0.1) is 12.0 Å². The summed E-state index contributed by atoms with van der Waals surface area (Å²) in [4.78, 5) is 11.4. The first-order valence-electron chi connectivity index (χ1n) is 7.52. The van der Waals surface area contributed by atoms with E-state index in [-0.39, 0.29) is 0 Å². The first-order valence-corrected chi connectivity index (χ1v) is 7.52. The van der Waals surface area contributed by atoms with Gasteiger partial charge in [0.1, 0.15) is 0 Å². The molecule has 1 fully saturated rings. The van der Waals surface area contributed by atoms with E-state index in [1.165, 1.54) is 38.5 Å². The molecule has 0 amide bonds.